The fourth-order valence-electron chi connectivity index (χ4n) is 3.74. The summed E-state index contributed by atoms with van der Waals surface area (Å²) in [5.41, 5.74) is 4.56. The van der Waals surface area contributed by atoms with Crippen LogP contribution in [0.2, 0.25) is 0 Å². The van der Waals surface area contributed by atoms with Gasteiger partial charge >= 0.3 is 0 Å². The van der Waals surface area contributed by atoms with Crippen LogP contribution in [0.3, 0.4) is 0 Å². The van der Waals surface area contributed by atoms with Gasteiger partial charge in [-0.15, -0.1) is 0 Å². The average Bonchev–Trinajstić information content (AvgIpc) is 3.20. The highest BCUT2D eigenvalue weighted by atomic mass is 16.2. The Morgan fingerprint density at radius 3 is 2.27 bits per heavy atom. The van der Waals surface area contributed by atoms with Crippen molar-refractivity contribution in [2.24, 2.45) is 0 Å². The van der Waals surface area contributed by atoms with E-state index in [1.165, 1.54) is 0 Å². The number of rotatable bonds is 4. The summed E-state index contributed by atoms with van der Waals surface area (Å²) in [7, 11) is 0. The number of aryl methyl sites for hydroxylation is 1. The Bertz CT molecular complexity index is 1100. The van der Waals surface area contributed by atoms with Crippen molar-refractivity contribution in [3.8, 4) is 17.3 Å². The smallest absolute Gasteiger partial charge is 0.295 e. The Kier molecular flexibility index (Phi) is 5.36. The van der Waals surface area contributed by atoms with E-state index in [2.05, 4.69) is 16.0 Å². The third-order valence-electron chi connectivity index (χ3n) is 5.47. The average molecular weight is 398 g/mol. The van der Waals surface area contributed by atoms with Gasteiger partial charge < -0.3 is 14.8 Å². The summed E-state index contributed by atoms with van der Waals surface area (Å²) in [6, 6.07) is 21.0. The quantitative estimate of drug-likeness (QED) is 0.540. The van der Waals surface area contributed by atoms with Gasteiger partial charge in [-0.05, 0) is 42.8 Å². The lowest BCUT2D eigenvalue weighted by Gasteiger charge is -2.35. The lowest BCUT2D eigenvalue weighted by atomic mass is 10.1. The fraction of sp³-hybridized carbons (Fsp3) is 0.208. The van der Waals surface area contributed by atoms with Crippen molar-refractivity contribution < 1.29 is 9.59 Å². The molecule has 2 heterocycles. The number of amides is 1. The molecule has 0 aliphatic carbocycles. The number of Topliss-reactive ketones (excluding diaryl/α,β-unsaturated/α-hetero) is 1. The van der Waals surface area contributed by atoms with Gasteiger partial charge in [0.2, 0.25) is 0 Å². The van der Waals surface area contributed by atoms with Gasteiger partial charge in [0.25, 0.3) is 11.7 Å². The van der Waals surface area contributed by atoms with Crippen molar-refractivity contribution in [1.82, 2.24) is 9.88 Å². The molecule has 0 spiro atoms. The van der Waals surface area contributed by atoms with E-state index in [-0.39, 0.29) is 0 Å². The number of hydrogen-bond acceptors (Lipinski definition) is 4. The number of carbonyl (C=O) groups is 2. The first-order valence-electron chi connectivity index (χ1n) is 9.90. The number of hydrogen-bond donors (Lipinski definition) is 1. The number of carbonyl (C=O) groups excluding carboxylic acids is 2. The summed E-state index contributed by atoms with van der Waals surface area (Å²) in [6.45, 7) is 4.08. The molecule has 1 aliphatic rings. The van der Waals surface area contributed by atoms with E-state index in [0.29, 0.717) is 43.0 Å². The van der Waals surface area contributed by atoms with Crippen LogP contribution in [0.1, 0.15) is 21.6 Å². The van der Waals surface area contributed by atoms with Crippen molar-refractivity contribution in [2.45, 2.75) is 6.92 Å². The Balaban J connectivity index is 1.42. The minimum Gasteiger partial charge on any atom is -0.368 e. The maximum Gasteiger partial charge on any atom is 0.295 e. The highest BCUT2D eigenvalue weighted by Crippen LogP contribution is 2.23. The van der Waals surface area contributed by atoms with E-state index in [1.54, 1.807) is 23.1 Å². The lowest BCUT2D eigenvalue weighted by Crippen LogP contribution is -2.50. The molecule has 0 radical (unpaired) electrons. The van der Waals surface area contributed by atoms with Crippen LogP contribution in [0.25, 0.3) is 11.3 Å². The first-order valence-corrected chi connectivity index (χ1v) is 9.90. The Labute approximate surface area is 175 Å². The molecule has 2 aromatic carbocycles. The van der Waals surface area contributed by atoms with E-state index in [0.717, 1.165) is 16.9 Å². The Morgan fingerprint density at radius 1 is 0.967 bits per heavy atom. The highest BCUT2D eigenvalue weighted by Gasteiger charge is 2.28. The van der Waals surface area contributed by atoms with Crippen LogP contribution in [0, 0.1) is 18.3 Å². The first-order chi connectivity index (χ1) is 14.6. The minimum absolute atomic E-state index is 0.424. The lowest BCUT2D eigenvalue weighted by molar-refractivity contribution is -0.126. The zero-order valence-electron chi connectivity index (χ0n) is 16.8. The molecule has 150 valence electrons. The van der Waals surface area contributed by atoms with Crippen LogP contribution in [0.15, 0.2) is 60.7 Å². The van der Waals surface area contributed by atoms with Gasteiger partial charge in [0, 0.05) is 48.8 Å². The number of aromatic nitrogens is 1. The zero-order valence-corrected chi connectivity index (χ0v) is 16.8. The SMILES string of the molecule is Cc1[nH]c(-c2ccccc2)cc1C(=O)C(=O)N1CCN(c2ccc(C#N)cc2)CC1. The molecule has 6 nitrogen and oxygen atoms in total. The number of nitrogens with one attached hydrogen (secondary N) is 1. The van der Waals surface area contributed by atoms with Gasteiger partial charge in [0.15, 0.2) is 0 Å². The van der Waals surface area contributed by atoms with Crippen LogP contribution in [-0.2, 0) is 4.79 Å². The van der Waals surface area contributed by atoms with Gasteiger partial charge in [0.05, 0.1) is 11.6 Å². The number of nitrogens with zero attached hydrogens (tertiary/aromatic N) is 3. The van der Waals surface area contributed by atoms with Gasteiger partial charge in [0.1, 0.15) is 0 Å². The molecule has 30 heavy (non-hydrogen) atoms. The second-order valence-electron chi connectivity index (χ2n) is 7.35. The third kappa shape index (κ3) is 3.83. The molecule has 6 heteroatoms. The number of anilines is 1. The number of aromatic amines is 1. The number of H-pyrrole nitrogens is 1. The summed E-state index contributed by atoms with van der Waals surface area (Å²) < 4.78 is 0. The monoisotopic (exact) mass is 398 g/mol. The summed E-state index contributed by atoms with van der Waals surface area (Å²) in [4.78, 5) is 32.7. The number of benzene rings is 2. The molecular formula is C24H22N4O2. The maximum absolute atomic E-state index is 12.9. The third-order valence-corrected chi connectivity index (χ3v) is 5.47. The summed E-state index contributed by atoms with van der Waals surface area (Å²) >= 11 is 0. The molecular weight excluding hydrogens is 376 g/mol. The van der Waals surface area contributed by atoms with E-state index < -0.39 is 11.7 Å². The molecule has 0 unspecified atom stereocenters. The van der Waals surface area contributed by atoms with Crippen molar-refractivity contribution in [2.75, 3.05) is 31.1 Å². The van der Waals surface area contributed by atoms with Gasteiger partial charge in [-0.25, -0.2) is 0 Å². The van der Waals surface area contributed by atoms with E-state index in [4.69, 9.17) is 5.26 Å². The van der Waals surface area contributed by atoms with Gasteiger partial charge in [-0.2, -0.15) is 5.26 Å². The fourth-order valence-corrected chi connectivity index (χ4v) is 3.74. The second kappa shape index (κ2) is 8.26. The Hall–Kier alpha value is -3.85. The molecule has 1 aromatic heterocycles. The number of ketones is 1. The predicted molar refractivity (Wildman–Crippen MR) is 115 cm³/mol. The minimum atomic E-state index is -0.474. The standard InChI is InChI=1S/C24H22N4O2/c1-17-21(15-22(26-17)19-5-3-2-4-6-19)23(29)24(30)28-13-11-27(12-14-28)20-9-7-18(16-25)8-10-20/h2-10,15,26H,11-14H2,1H3. The van der Waals surface area contributed by atoms with Crippen LogP contribution in [0.4, 0.5) is 5.69 Å². The molecule has 3 aromatic rings. The van der Waals surface area contributed by atoms with Gasteiger partial charge in [-0.1, -0.05) is 30.3 Å². The summed E-state index contributed by atoms with van der Waals surface area (Å²) in [6.07, 6.45) is 0. The molecule has 1 amide bonds. The van der Waals surface area contributed by atoms with Gasteiger partial charge in [-0.3, -0.25) is 9.59 Å². The molecule has 1 saturated heterocycles. The van der Waals surface area contributed by atoms with Crippen LogP contribution >= 0.6 is 0 Å². The predicted octanol–water partition coefficient (Wildman–Crippen LogP) is 3.39. The first kappa shape index (κ1) is 19.5. The molecule has 4 rings (SSSR count). The normalized spacial score (nSPS) is 13.7. The zero-order chi connectivity index (χ0) is 21.1. The molecule has 1 aliphatic heterocycles. The van der Waals surface area contributed by atoms with Crippen LogP contribution in [0.5, 0.6) is 0 Å². The van der Waals surface area contributed by atoms with Crippen LogP contribution < -0.4 is 4.90 Å². The summed E-state index contributed by atoms with van der Waals surface area (Å²) in [5.74, 6) is -0.936. The highest BCUT2D eigenvalue weighted by molar-refractivity contribution is 6.43. The van der Waals surface area contributed by atoms with Crippen molar-refractivity contribution in [3.63, 3.8) is 0 Å². The van der Waals surface area contributed by atoms with E-state index in [9.17, 15) is 9.59 Å². The molecule has 0 bridgehead atoms. The topological polar surface area (TPSA) is 80.2 Å². The maximum atomic E-state index is 12.9. The Morgan fingerprint density at radius 2 is 1.63 bits per heavy atom. The van der Waals surface area contributed by atoms with Crippen molar-refractivity contribution >= 4 is 17.4 Å². The van der Waals surface area contributed by atoms with Crippen LogP contribution in [-0.4, -0.2) is 47.8 Å². The molecule has 1 N–H and O–H groups in total. The molecule has 0 atom stereocenters. The number of piperazine rings is 1. The van der Waals surface area contributed by atoms with Crippen molar-refractivity contribution in [3.05, 3.63) is 77.5 Å². The summed E-state index contributed by atoms with van der Waals surface area (Å²) in [5, 5.41) is 8.92. The second-order valence-corrected chi connectivity index (χ2v) is 7.35. The largest absolute Gasteiger partial charge is 0.368 e. The van der Waals surface area contributed by atoms with E-state index >= 15 is 0 Å². The van der Waals surface area contributed by atoms with Crippen molar-refractivity contribution in [1.29, 1.82) is 5.26 Å². The molecule has 0 saturated carbocycles. The number of nitriles is 1. The molecule has 1 fully saturated rings. The van der Waals surface area contributed by atoms with E-state index in [1.807, 2.05) is 49.4 Å².